The molecule has 1 heterocycles. The van der Waals surface area contributed by atoms with Gasteiger partial charge in [-0.15, -0.1) is 0 Å². The molecular formula is C12H22N2. The molecule has 0 atom stereocenters. The van der Waals surface area contributed by atoms with Gasteiger partial charge in [0.15, 0.2) is 0 Å². The van der Waals surface area contributed by atoms with Gasteiger partial charge in [-0.3, -0.25) is 0 Å². The fourth-order valence-corrected chi connectivity index (χ4v) is 1.93. The van der Waals surface area contributed by atoms with E-state index in [4.69, 9.17) is 5.73 Å². The molecule has 2 nitrogen and oxygen atoms in total. The van der Waals surface area contributed by atoms with Crippen molar-refractivity contribution in [1.82, 2.24) is 4.57 Å². The minimum Gasteiger partial charge on any atom is -0.349 e. The molecule has 80 valence electrons. The second-order valence-corrected chi connectivity index (χ2v) is 4.44. The van der Waals surface area contributed by atoms with Crippen LogP contribution < -0.4 is 5.73 Å². The molecule has 1 rings (SSSR count). The zero-order valence-electron chi connectivity index (χ0n) is 9.80. The first-order valence-electron chi connectivity index (χ1n) is 5.42. The van der Waals surface area contributed by atoms with Crippen LogP contribution in [0.1, 0.15) is 30.8 Å². The van der Waals surface area contributed by atoms with Crippen molar-refractivity contribution in [2.24, 2.45) is 11.7 Å². The maximum atomic E-state index is 5.58. The van der Waals surface area contributed by atoms with Crippen molar-refractivity contribution >= 4 is 0 Å². The van der Waals surface area contributed by atoms with E-state index in [0.29, 0.717) is 5.92 Å². The third kappa shape index (κ3) is 2.38. The molecule has 2 N–H and O–H groups in total. The maximum absolute atomic E-state index is 5.58. The maximum Gasteiger partial charge on any atom is 0.0247 e. The van der Waals surface area contributed by atoms with Gasteiger partial charge in [-0.25, -0.2) is 0 Å². The lowest BCUT2D eigenvalue weighted by molar-refractivity contribution is 0.508. The summed E-state index contributed by atoms with van der Waals surface area (Å²) in [5.74, 6) is 0.700. The Morgan fingerprint density at radius 3 is 2.50 bits per heavy atom. The number of nitrogens with zero attached hydrogens (tertiary/aromatic N) is 1. The summed E-state index contributed by atoms with van der Waals surface area (Å²) in [6.07, 6.45) is 0.998. The average Bonchev–Trinajstić information content (AvgIpc) is 2.33. The molecule has 0 saturated heterocycles. The molecule has 0 aliphatic carbocycles. The average molecular weight is 194 g/mol. The molecule has 0 aromatic carbocycles. The molecular weight excluding hydrogens is 172 g/mol. The summed E-state index contributed by atoms with van der Waals surface area (Å²) in [6, 6.07) is 2.27. The van der Waals surface area contributed by atoms with Crippen molar-refractivity contribution in [2.75, 3.05) is 6.54 Å². The van der Waals surface area contributed by atoms with E-state index in [-0.39, 0.29) is 0 Å². The van der Waals surface area contributed by atoms with Crippen LogP contribution in [0, 0.1) is 19.8 Å². The summed E-state index contributed by atoms with van der Waals surface area (Å²) in [5, 5.41) is 0. The summed E-state index contributed by atoms with van der Waals surface area (Å²) in [6.45, 7) is 10.7. The number of aryl methyl sites for hydroxylation is 1. The van der Waals surface area contributed by atoms with Crippen molar-refractivity contribution in [1.29, 1.82) is 0 Å². The van der Waals surface area contributed by atoms with Crippen molar-refractivity contribution in [3.63, 3.8) is 0 Å². The number of rotatable bonds is 4. The van der Waals surface area contributed by atoms with Crippen LogP contribution in [0.25, 0.3) is 0 Å². The number of hydrogen-bond acceptors (Lipinski definition) is 1. The zero-order chi connectivity index (χ0) is 10.7. The molecule has 0 unspecified atom stereocenters. The predicted molar refractivity (Wildman–Crippen MR) is 61.5 cm³/mol. The molecule has 1 aromatic rings. The molecule has 14 heavy (non-hydrogen) atoms. The Morgan fingerprint density at radius 2 is 2.00 bits per heavy atom. The Kier molecular flexibility index (Phi) is 3.76. The Hall–Kier alpha value is -0.760. The van der Waals surface area contributed by atoms with Gasteiger partial charge in [0.25, 0.3) is 0 Å². The van der Waals surface area contributed by atoms with Crippen LogP contribution in [0.5, 0.6) is 0 Å². The van der Waals surface area contributed by atoms with Crippen LogP contribution >= 0.6 is 0 Å². The van der Waals surface area contributed by atoms with E-state index in [1.807, 2.05) is 0 Å². The Labute approximate surface area is 87.1 Å². The highest BCUT2D eigenvalue weighted by Crippen LogP contribution is 2.16. The number of nitrogens with two attached hydrogens (primary N) is 1. The van der Waals surface area contributed by atoms with E-state index in [2.05, 4.69) is 38.3 Å². The Balaban J connectivity index is 2.92. The zero-order valence-corrected chi connectivity index (χ0v) is 9.80. The third-order valence-corrected chi connectivity index (χ3v) is 2.64. The van der Waals surface area contributed by atoms with Crippen LogP contribution in [0.2, 0.25) is 0 Å². The quantitative estimate of drug-likeness (QED) is 0.783. The molecule has 0 radical (unpaired) electrons. The smallest absolute Gasteiger partial charge is 0.0247 e. The van der Waals surface area contributed by atoms with E-state index < -0.39 is 0 Å². The van der Waals surface area contributed by atoms with E-state index in [9.17, 15) is 0 Å². The summed E-state index contributed by atoms with van der Waals surface area (Å²) in [7, 11) is 0. The summed E-state index contributed by atoms with van der Waals surface area (Å²) in [4.78, 5) is 0. The highest BCUT2D eigenvalue weighted by Gasteiger charge is 2.08. The molecule has 0 saturated carbocycles. The fourth-order valence-electron chi connectivity index (χ4n) is 1.93. The van der Waals surface area contributed by atoms with Crippen LogP contribution in [0.4, 0.5) is 0 Å². The van der Waals surface area contributed by atoms with Crippen LogP contribution in [-0.4, -0.2) is 11.1 Å². The number of hydrogen-bond donors (Lipinski definition) is 1. The van der Waals surface area contributed by atoms with Gasteiger partial charge in [0.05, 0.1) is 0 Å². The summed E-state index contributed by atoms with van der Waals surface area (Å²) < 4.78 is 2.40. The van der Waals surface area contributed by atoms with Crippen molar-refractivity contribution in [3.05, 3.63) is 23.0 Å². The fraction of sp³-hybridized carbons (Fsp3) is 0.667. The highest BCUT2D eigenvalue weighted by molar-refractivity contribution is 5.27. The van der Waals surface area contributed by atoms with Gasteiger partial charge in [0, 0.05) is 17.9 Å². The van der Waals surface area contributed by atoms with Crippen molar-refractivity contribution < 1.29 is 0 Å². The van der Waals surface area contributed by atoms with Gasteiger partial charge >= 0.3 is 0 Å². The van der Waals surface area contributed by atoms with Gasteiger partial charge in [-0.05, 0) is 44.4 Å². The second-order valence-electron chi connectivity index (χ2n) is 4.44. The lowest BCUT2D eigenvalue weighted by atomic mass is 10.2. The molecule has 0 amide bonds. The minimum absolute atomic E-state index is 0.700. The van der Waals surface area contributed by atoms with Crippen molar-refractivity contribution in [3.8, 4) is 0 Å². The summed E-state index contributed by atoms with van der Waals surface area (Å²) >= 11 is 0. The first-order valence-corrected chi connectivity index (χ1v) is 5.42. The molecule has 0 aliphatic rings. The molecule has 0 aliphatic heterocycles. The van der Waals surface area contributed by atoms with Crippen LogP contribution in [0.3, 0.4) is 0 Å². The van der Waals surface area contributed by atoms with Gasteiger partial charge in [0.1, 0.15) is 0 Å². The first kappa shape index (κ1) is 11.3. The van der Waals surface area contributed by atoms with E-state index in [1.54, 1.807) is 0 Å². The summed E-state index contributed by atoms with van der Waals surface area (Å²) in [5.41, 5.74) is 9.74. The lowest BCUT2D eigenvalue weighted by Crippen LogP contribution is -2.09. The minimum atomic E-state index is 0.700. The monoisotopic (exact) mass is 194 g/mol. The number of aromatic nitrogens is 1. The molecule has 0 bridgehead atoms. The lowest BCUT2D eigenvalue weighted by Gasteiger charge is -2.12. The molecule has 2 heteroatoms. The van der Waals surface area contributed by atoms with Gasteiger partial charge in [-0.2, -0.15) is 0 Å². The van der Waals surface area contributed by atoms with Gasteiger partial charge in [0.2, 0.25) is 0 Å². The van der Waals surface area contributed by atoms with Crippen LogP contribution in [0.15, 0.2) is 6.07 Å². The topological polar surface area (TPSA) is 30.9 Å². The standard InChI is InChI=1S/C12H22N2/c1-9(2)8-14-10(3)7-12(5-6-13)11(14)4/h7,9H,5-6,8,13H2,1-4H3. The SMILES string of the molecule is Cc1cc(CCN)c(C)n1CC(C)C. The molecule has 0 spiro atoms. The van der Waals surface area contributed by atoms with E-state index in [0.717, 1.165) is 19.5 Å². The van der Waals surface area contributed by atoms with Crippen molar-refractivity contribution in [2.45, 2.75) is 40.7 Å². The predicted octanol–water partition coefficient (Wildman–Crippen LogP) is 2.26. The molecule has 0 fully saturated rings. The van der Waals surface area contributed by atoms with Crippen LogP contribution in [-0.2, 0) is 13.0 Å². The third-order valence-electron chi connectivity index (χ3n) is 2.64. The second kappa shape index (κ2) is 4.65. The Morgan fingerprint density at radius 1 is 1.36 bits per heavy atom. The molecule has 1 aromatic heterocycles. The normalized spacial score (nSPS) is 11.3. The van der Waals surface area contributed by atoms with Gasteiger partial charge in [-0.1, -0.05) is 13.8 Å². The van der Waals surface area contributed by atoms with Gasteiger partial charge < -0.3 is 10.3 Å². The van der Waals surface area contributed by atoms with E-state index in [1.165, 1.54) is 17.0 Å². The van der Waals surface area contributed by atoms with E-state index >= 15 is 0 Å². The Bertz CT molecular complexity index is 298. The first-order chi connectivity index (χ1) is 6.56. The largest absolute Gasteiger partial charge is 0.349 e. The highest BCUT2D eigenvalue weighted by atomic mass is 15.0.